The molecule has 1 aliphatic rings. The van der Waals surface area contributed by atoms with Crippen LogP contribution in [0.5, 0.6) is 5.75 Å². The molecule has 24 heavy (non-hydrogen) atoms. The van der Waals surface area contributed by atoms with Crippen LogP contribution in [0.15, 0.2) is 18.2 Å². The molecule has 1 aliphatic heterocycles. The van der Waals surface area contributed by atoms with Gasteiger partial charge in [-0.1, -0.05) is 6.07 Å². The van der Waals surface area contributed by atoms with Crippen molar-refractivity contribution < 1.29 is 18.8 Å². The molecule has 1 saturated heterocycles. The molecule has 1 fully saturated rings. The summed E-state index contributed by atoms with van der Waals surface area (Å²) in [6, 6.07) is 5.43. The lowest BCUT2D eigenvalue weighted by Gasteiger charge is -2.32. The van der Waals surface area contributed by atoms with Crippen LogP contribution in [0.1, 0.15) is 51.9 Å². The van der Waals surface area contributed by atoms with Gasteiger partial charge in [-0.2, -0.15) is 0 Å². The van der Waals surface area contributed by atoms with Crippen molar-refractivity contribution in [2.75, 3.05) is 20.2 Å². The second-order valence-corrected chi connectivity index (χ2v) is 7.02. The Bertz CT molecular complexity index is 595. The molecule has 2 rings (SSSR count). The number of nitrogens with zero attached hydrogens (tertiary/aromatic N) is 1. The van der Waals surface area contributed by atoms with E-state index in [1.807, 2.05) is 53.7 Å². The molecule has 0 N–H and O–H groups in total. The number of ether oxygens (including phenoxy) is 1. The molecule has 0 bridgehead atoms. The van der Waals surface area contributed by atoms with Gasteiger partial charge in [-0.15, -0.1) is 0 Å². The predicted molar refractivity (Wildman–Crippen MR) is 96.0 cm³/mol. The fourth-order valence-electron chi connectivity index (χ4n) is 2.70. The molecule has 6 heteroatoms. The first-order valence-electron chi connectivity index (χ1n) is 8.49. The Morgan fingerprint density at radius 3 is 2.12 bits per heavy atom. The highest BCUT2D eigenvalue weighted by Gasteiger charge is 2.52. The van der Waals surface area contributed by atoms with E-state index in [0.717, 1.165) is 5.46 Å². The fraction of sp³-hybridized carbons (Fsp3) is 0.611. The first kappa shape index (κ1) is 18.8. The average Bonchev–Trinajstić information content (AvgIpc) is 2.75. The second kappa shape index (κ2) is 6.77. The third-order valence-electron chi connectivity index (χ3n) is 5.04. The van der Waals surface area contributed by atoms with E-state index in [1.165, 1.54) is 0 Å². The van der Waals surface area contributed by atoms with E-state index >= 15 is 0 Å². The molecule has 0 unspecified atom stereocenters. The Balaban J connectivity index is 2.33. The Morgan fingerprint density at radius 2 is 1.67 bits per heavy atom. The SMILES string of the molecule is CCN(CC)C(=O)c1ccc(B2OC(C)(C)C(C)(C)O2)c(OC)c1. The summed E-state index contributed by atoms with van der Waals surface area (Å²) in [4.78, 5) is 14.3. The van der Waals surface area contributed by atoms with Crippen LogP contribution in [-0.2, 0) is 9.31 Å². The van der Waals surface area contributed by atoms with Gasteiger partial charge >= 0.3 is 7.12 Å². The highest BCUT2D eigenvalue weighted by atomic mass is 16.7. The van der Waals surface area contributed by atoms with Gasteiger partial charge in [0.1, 0.15) is 5.75 Å². The van der Waals surface area contributed by atoms with Crippen molar-refractivity contribution in [2.45, 2.75) is 52.7 Å². The van der Waals surface area contributed by atoms with Gasteiger partial charge in [0.15, 0.2) is 0 Å². The minimum Gasteiger partial charge on any atom is -0.497 e. The fourth-order valence-corrected chi connectivity index (χ4v) is 2.70. The summed E-state index contributed by atoms with van der Waals surface area (Å²) in [5, 5.41) is 0. The van der Waals surface area contributed by atoms with Gasteiger partial charge in [0.25, 0.3) is 5.91 Å². The zero-order valence-corrected chi connectivity index (χ0v) is 15.8. The van der Waals surface area contributed by atoms with Gasteiger partial charge in [0, 0.05) is 24.1 Å². The Hall–Kier alpha value is -1.53. The predicted octanol–water partition coefficient (Wildman–Crippen LogP) is 2.48. The minimum atomic E-state index is -0.512. The number of carbonyl (C=O) groups is 1. The third-order valence-corrected chi connectivity index (χ3v) is 5.04. The van der Waals surface area contributed by atoms with Crippen molar-refractivity contribution >= 4 is 18.5 Å². The van der Waals surface area contributed by atoms with Crippen molar-refractivity contribution in [2.24, 2.45) is 0 Å². The van der Waals surface area contributed by atoms with Gasteiger partial charge in [0.2, 0.25) is 0 Å². The number of carbonyl (C=O) groups excluding carboxylic acids is 1. The quantitative estimate of drug-likeness (QED) is 0.777. The van der Waals surface area contributed by atoms with E-state index in [4.69, 9.17) is 14.0 Å². The third kappa shape index (κ3) is 3.30. The van der Waals surface area contributed by atoms with Crippen molar-refractivity contribution in [1.82, 2.24) is 4.90 Å². The molecule has 0 atom stereocenters. The standard InChI is InChI=1S/C18H28BNO4/c1-8-20(9-2)16(21)13-10-11-14(15(12-13)22-7)19-23-17(3,4)18(5,6)24-19/h10-12H,8-9H2,1-7H3. The monoisotopic (exact) mass is 333 g/mol. The number of rotatable bonds is 5. The van der Waals surface area contributed by atoms with Crippen LogP contribution in [0, 0.1) is 0 Å². The Labute approximate surface area is 145 Å². The maximum atomic E-state index is 12.5. The molecule has 0 aliphatic carbocycles. The van der Waals surface area contributed by atoms with Gasteiger partial charge in [-0.25, -0.2) is 0 Å². The summed E-state index contributed by atoms with van der Waals surface area (Å²) in [5.74, 6) is 0.602. The molecule has 0 saturated carbocycles. The minimum absolute atomic E-state index is 0.00114. The van der Waals surface area contributed by atoms with Crippen molar-refractivity contribution in [1.29, 1.82) is 0 Å². The molecule has 1 aromatic carbocycles. The van der Waals surface area contributed by atoms with E-state index in [0.29, 0.717) is 24.4 Å². The van der Waals surface area contributed by atoms with E-state index in [2.05, 4.69) is 0 Å². The lowest BCUT2D eigenvalue weighted by Crippen LogP contribution is -2.41. The molecule has 1 heterocycles. The van der Waals surface area contributed by atoms with Gasteiger partial charge < -0.3 is 18.9 Å². The van der Waals surface area contributed by atoms with Crippen LogP contribution in [0.4, 0.5) is 0 Å². The highest BCUT2D eigenvalue weighted by Crippen LogP contribution is 2.37. The van der Waals surface area contributed by atoms with Gasteiger partial charge in [-0.3, -0.25) is 4.79 Å². The first-order valence-corrected chi connectivity index (χ1v) is 8.49. The van der Waals surface area contributed by atoms with Crippen LogP contribution in [-0.4, -0.2) is 49.3 Å². The number of benzene rings is 1. The summed E-state index contributed by atoms with van der Waals surface area (Å²) < 4.78 is 17.7. The zero-order chi connectivity index (χ0) is 18.1. The maximum Gasteiger partial charge on any atom is 0.498 e. The Kier molecular flexibility index (Phi) is 5.30. The maximum absolute atomic E-state index is 12.5. The van der Waals surface area contributed by atoms with E-state index in [1.54, 1.807) is 18.1 Å². The zero-order valence-electron chi connectivity index (χ0n) is 15.8. The average molecular weight is 333 g/mol. The van der Waals surface area contributed by atoms with Gasteiger partial charge in [-0.05, 0) is 53.7 Å². The van der Waals surface area contributed by atoms with Crippen molar-refractivity contribution in [3.8, 4) is 5.75 Å². The van der Waals surface area contributed by atoms with Crippen LogP contribution < -0.4 is 10.2 Å². The normalized spacial score (nSPS) is 18.5. The smallest absolute Gasteiger partial charge is 0.497 e. The summed E-state index contributed by atoms with van der Waals surface area (Å²) in [5.41, 5.74) is 0.569. The van der Waals surface area contributed by atoms with E-state index < -0.39 is 18.3 Å². The largest absolute Gasteiger partial charge is 0.498 e. The van der Waals surface area contributed by atoms with Crippen molar-refractivity contribution in [3.63, 3.8) is 0 Å². The van der Waals surface area contributed by atoms with Crippen LogP contribution in [0.25, 0.3) is 0 Å². The number of hydrogen-bond acceptors (Lipinski definition) is 4. The molecule has 132 valence electrons. The molecule has 0 radical (unpaired) electrons. The topological polar surface area (TPSA) is 48.0 Å². The lowest BCUT2D eigenvalue weighted by molar-refractivity contribution is 0.00578. The van der Waals surface area contributed by atoms with E-state index in [9.17, 15) is 4.79 Å². The molecule has 1 amide bonds. The number of methoxy groups -OCH3 is 1. The summed E-state index contributed by atoms with van der Waals surface area (Å²) >= 11 is 0. The van der Waals surface area contributed by atoms with Crippen LogP contribution >= 0.6 is 0 Å². The molecule has 5 nitrogen and oxygen atoms in total. The van der Waals surface area contributed by atoms with Crippen LogP contribution in [0.2, 0.25) is 0 Å². The molecule has 1 aromatic rings. The van der Waals surface area contributed by atoms with Crippen molar-refractivity contribution in [3.05, 3.63) is 23.8 Å². The Morgan fingerprint density at radius 1 is 1.12 bits per heavy atom. The summed E-state index contributed by atoms with van der Waals surface area (Å²) in [7, 11) is 1.08. The first-order chi connectivity index (χ1) is 11.2. The summed E-state index contributed by atoms with van der Waals surface area (Å²) in [6.07, 6.45) is 0. The highest BCUT2D eigenvalue weighted by molar-refractivity contribution is 6.63. The van der Waals surface area contributed by atoms with Crippen LogP contribution in [0.3, 0.4) is 0 Å². The lowest BCUT2D eigenvalue weighted by atomic mass is 9.78. The number of hydrogen-bond donors (Lipinski definition) is 0. The summed E-state index contributed by atoms with van der Waals surface area (Å²) in [6.45, 7) is 13.3. The van der Waals surface area contributed by atoms with E-state index in [-0.39, 0.29) is 5.91 Å². The molecule has 0 aromatic heterocycles. The molecular formula is C18H28BNO4. The molecular weight excluding hydrogens is 305 g/mol. The van der Waals surface area contributed by atoms with Gasteiger partial charge in [0.05, 0.1) is 18.3 Å². The molecule has 0 spiro atoms. The second-order valence-electron chi connectivity index (χ2n) is 7.02. The number of amides is 1.